The van der Waals surface area contributed by atoms with Crippen LogP contribution in [0.15, 0.2) is 48.8 Å². The van der Waals surface area contributed by atoms with Crippen LogP contribution in [0.25, 0.3) is 0 Å². The van der Waals surface area contributed by atoms with Crippen molar-refractivity contribution < 1.29 is 9.59 Å². The van der Waals surface area contributed by atoms with Crippen LogP contribution in [-0.2, 0) is 11.3 Å². The first kappa shape index (κ1) is 17.0. The predicted molar refractivity (Wildman–Crippen MR) is 95.8 cm³/mol. The Balaban J connectivity index is 1.47. The van der Waals surface area contributed by atoms with Gasteiger partial charge in [-0.15, -0.1) is 0 Å². The number of hydrogen-bond donors (Lipinski definition) is 3. The zero-order valence-electron chi connectivity index (χ0n) is 14.2. The van der Waals surface area contributed by atoms with Gasteiger partial charge in [-0.3, -0.25) is 9.78 Å². The van der Waals surface area contributed by atoms with E-state index >= 15 is 0 Å². The van der Waals surface area contributed by atoms with E-state index in [0.717, 1.165) is 29.7 Å². The third-order valence-electron chi connectivity index (χ3n) is 4.15. The van der Waals surface area contributed by atoms with E-state index in [1.54, 1.807) is 12.4 Å². The average Bonchev–Trinajstić information content (AvgIpc) is 3.46. The molecular weight excluding hydrogens is 316 g/mol. The van der Waals surface area contributed by atoms with Gasteiger partial charge in [-0.1, -0.05) is 18.2 Å². The van der Waals surface area contributed by atoms with Crippen molar-refractivity contribution >= 4 is 17.6 Å². The van der Waals surface area contributed by atoms with Crippen LogP contribution in [0.3, 0.4) is 0 Å². The number of aromatic nitrogens is 1. The van der Waals surface area contributed by atoms with Crippen molar-refractivity contribution in [3.63, 3.8) is 0 Å². The molecule has 6 heteroatoms. The molecule has 25 heavy (non-hydrogen) atoms. The van der Waals surface area contributed by atoms with Gasteiger partial charge in [0.15, 0.2) is 0 Å². The SMILES string of the molecule is CC(NC(=O)NCc1cccnc1)c1ccc(NC(=O)C2CC2)cc1. The van der Waals surface area contributed by atoms with Crippen molar-refractivity contribution in [2.75, 3.05) is 5.32 Å². The molecule has 3 amide bonds. The fraction of sp³-hybridized carbons (Fsp3) is 0.316. The van der Waals surface area contributed by atoms with Gasteiger partial charge in [-0.25, -0.2) is 4.79 Å². The Morgan fingerprint density at radius 1 is 1.20 bits per heavy atom. The number of anilines is 1. The first-order valence-electron chi connectivity index (χ1n) is 8.46. The van der Waals surface area contributed by atoms with E-state index in [-0.39, 0.29) is 23.9 Å². The van der Waals surface area contributed by atoms with Crippen molar-refractivity contribution in [3.8, 4) is 0 Å². The van der Waals surface area contributed by atoms with Crippen LogP contribution in [0.1, 0.15) is 36.9 Å². The topological polar surface area (TPSA) is 83.1 Å². The number of urea groups is 1. The van der Waals surface area contributed by atoms with Gasteiger partial charge in [0, 0.05) is 30.5 Å². The monoisotopic (exact) mass is 338 g/mol. The fourth-order valence-electron chi connectivity index (χ4n) is 2.46. The molecule has 0 spiro atoms. The average molecular weight is 338 g/mol. The van der Waals surface area contributed by atoms with Crippen LogP contribution in [0, 0.1) is 5.92 Å². The molecule has 1 heterocycles. The highest BCUT2D eigenvalue weighted by Crippen LogP contribution is 2.30. The van der Waals surface area contributed by atoms with Crippen molar-refractivity contribution in [2.24, 2.45) is 5.92 Å². The van der Waals surface area contributed by atoms with E-state index < -0.39 is 0 Å². The van der Waals surface area contributed by atoms with Crippen LogP contribution in [-0.4, -0.2) is 16.9 Å². The molecule has 1 aromatic heterocycles. The van der Waals surface area contributed by atoms with Gasteiger partial charge in [0.1, 0.15) is 0 Å². The molecule has 3 N–H and O–H groups in total. The van der Waals surface area contributed by atoms with Crippen LogP contribution in [0.5, 0.6) is 0 Å². The van der Waals surface area contributed by atoms with Crippen LogP contribution >= 0.6 is 0 Å². The molecule has 0 bridgehead atoms. The number of pyridine rings is 1. The number of amides is 3. The van der Waals surface area contributed by atoms with Crippen LogP contribution in [0.4, 0.5) is 10.5 Å². The molecule has 0 saturated heterocycles. The molecule has 3 rings (SSSR count). The Morgan fingerprint density at radius 3 is 2.60 bits per heavy atom. The van der Waals surface area contributed by atoms with Gasteiger partial charge in [0.05, 0.1) is 6.04 Å². The van der Waals surface area contributed by atoms with E-state index in [1.807, 2.05) is 43.3 Å². The van der Waals surface area contributed by atoms with Crippen molar-refractivity contribution in [2.45, 2.75) is 32.4 Å². The second kappa shape index (κ2) is 7.79. The number of carbonyl (C=O) groups excluding carboxylic acids is 2. The lowest BCUT2D eigenvalue weighted by molar-refractivity contribution is -0.117. The van der Waals surface area contributed by atoms with Gasteiger partial charge in [0.2, 0.25) is 5.91 Å². The molecule has 0 aliphatic heterocycles. The smallest absolute Gasteiger partial charge is 0.315 e. The molecule has 2 aromatic rings. The number of nitrogens with zero attached hydrogens (tertiary/aromatic N) is 1. The summed E-state index contributed by atoms with van der Waals surface area (Å²) in [5, 5.41) is 8.61. The van der Waals surface area contributed by atoms with Crippen molar-refractivity contribution in [1.82, 2.24) is 15.6 Å². The van der Waals surface area contributed by atoms with E-state index in [1.165, 1.54) is 0 Å². The summed E-state index contributed by atoms with van der Waals surface area (Å²) in [5.74, 6) is 0.275. The van der Waals surface area contributed by atoms with E-state index in [4.69, 9.17) is 0 Å². The molecule has 130 valence electrons. The van der Waals surface area contributed by atoms with E-state index in [9.17, 15) is 9.59 Å². The lowest BCUT2D eigenvalue weighted by Gasteiger charge is -2.15. The normalized spacial score (nSPS) is 14.4. The number of rotatable bonds is 6. The highest BCUT2D eigenvalue weighted by molar-refractivity contribution is 5.94. The summed E-state index contributed by atoms with van der Waals surface area (Å²) in [6.07, 6.45) is 5.39. The van der Waals surface area contributed by atoms with Crippen molar-refractivity contribution in [3.05, 3.63) is 59.9 Å². The first-order chi connectivity index (χ1) is 12.1. The predicted octanol–water partition coefficient (Wildman–Crippen LogP) is 2.99. The summed E-state index contributed by atoms with van der Waals surface area (Å²) in [7, 11) is 0. The minimum atomic E-state index is -0.234. The molecular formula is C19H22N4O2. The first-order valence-corrected chi connectivity index (χ1v) is 8.46. The second-order valence-corrected chi connectivity index (χ2v) is 6.30. The fourth-order valence-corrected chi connectivity index (χ4v) is 2.46. The zero-order chi connectivity index (χ0) is 17.6. The Kier molecular flexibility index (Phi) is 5.28. The minimum absolute atomic E-state index is 0.0914. The Bertz CT molecular complexity index is 727. The lowest BCUT2D eigenvalue weighted by Crippen LogP contribution is -2.36. The van der Waals surface area contributed by atoms with Crippen molar-refractivity contribution in [1.29, 1.82) is 0 Å². The second-order valence-electron chi connectivity index (χ2n) is 6.30. The largest absolute Gasteiger partial charge is 0.334 e. The van der Waals surface area contributed by atoms with Gasteiger partial charge in [0.25, 0.3) is 0 Å². The van der Waals surface area contributed by atoms with E-state index in [0.29, 0.717) is 6.54 Å². The van der Waals surface area contributed by atoms with Gasteiger partial charge < -0.3 is 16.0 Å². The maximum absolute atomic E-state index is 12.0. The third-order valence-corrected chi connectivity index (χ3v) is 4.15. The Morgan fingerprint density at radius 2 is 1.96 bits per heavy atom. The molecule has 0 radical (unpaired) electrons. The highest BCUT2D eigenvalue weighted by atomic mass is 16.2. The molecule has 1 atom stereocenters. The summed E-state index contributed by atoms with van der Waals surface area (Å²) < 4.78 is 0. The van der Waals surface area contributed by atoms with E-state index in [2.05, 4.69) is 20.9 Å². The van der Waals surface area contributed by atoms with Gasteiger partial charge in [-0.05, 0) is 49.1 Å². The summed E-state index contributed by atoms with van der Waals surface area (Å²) in [6, 6.07) is 10.9. The summed E-state index contributed by atoms with van der Waals surface area (Å²) in [6.45, 7) is 2.35. The highest BCUT2D eigenvalue weighted by Gasteiger charge is 2.29. The maximum Gasteiger partial charge on any atom is 0.315 e. The summed E-state index contributed by atoms with van der Waals surface area (Å²) >= 11 is 0. The number of carbonyl (C=O) groups is 2. The zero-order valence-corrected chi connectivity index (χ0v) is 14.2. The standard InChI is InChI=1S/C19H22N4O2/c1-13(22-19(25)21-12-14-3-2-10-20-11-14)15-6-8-17(9-7-15)23-18(24)16-4-5-16/h2-3,6-11,13,16H,4-5,12H2,1H3,(H,23,24)(H2,21,22,25). The quantitative estimate of drug-likeness (QED) is 0.757. The van der Waals surface area contributed by atoms with Crippen LogP contribution < -0.4 is 16.0 Å². The molecule has 1 saturated carbocycles. The molecule has 1 aliphatic rings. The maximum atomic E-state index is 12.0. The molecule has 6 nitrogen and oxygen atoms in total. The van der Waals surface area contributed by atoms with Gasteiger partial charge in [-0.2, -0.15) is 0 Å². The number of hydrogen-bond acceptors (Lipinski definition) is 3. The molecule has 1 unspecified atom stereocenters. The molecule has 1 fully saturated rings. The molecule has 1 aliphatic carbocycles. The Labute approximate surface area is 147 Å². The number of nitrogens with one attached hydrogen (secondary N) is 3. The summed E-state index contributed by atoms with van der Waals surface area (Å²) in [4.78, 5) is 27.8. The van der Waals surface area contributed by atoms with Gasteiger partial charge >= 0.3 is 6.03 Å². The minimum Gasteiger partial charge on any atom is -0.334 e. The summed E-state index contributed by atoms with van der Waals surface area (Å²) in [5.41, 5.74) is 2.70. The Hall–Kier alpha value is -2.89. The third kappa shape index (κ3) is 5.04. The lowest BCUT2D eigenvalue weighted by atomic mass is 10.1. The number of benzene rings is 1. The van der Waals surface area contributed by atoms with Crippen LogP contribution in [0.2, 0.25) is 0 Å². The molecule has 1 aromatic carbocycles.